The van der Waals surface area contributed by atoms with Crippen molar-refractivity contribution in [3.05, 3.63) is 28.3 Å². The topological polar surface area (TPSA) is 98.7 Å². The molecule has 1 fully saturated rings. The van der Waals surface area contributed by atoms with E-state index in [2.05, 4.69) is 0 Å². The summed E-state index contributed by atoms with van der Waals surface area (Å²) in [6, 6.07) is 5.09. The van der Waals surface area contributed by atoms with Gasteiger partial charge in [-0.15, -0.1) is 0 Å². The van der Waals surface area contributed by atoms with Crippen LogP contribution in [0.2, 0.25) is 0 Å². The summed E-state index contributed by atoms with van der Waals surface area (Å²) in [4.78, 5) is 24.1. The van der Waals surface area contributed by atoms with Crippen LogP contribution in [0.15, 0.2) is 18.2 Å². The molecule has 1 aromatic carbocycles. The summed E-state index contributed by atoms with van der Waals surface area (Å²) >= 11 is 0. The predicted octanol–water partition coefficient (Wildman–Crippen LogP) is 2.09. The lowest BCUT2D eigenvalue weighted by Gasteiger charge is -2.33. The predicted molar refractivity (Wildman–Crippen MR) is 83.0 cm³/mol. The van der Waals surface area contributed by atoms with Gasteiger partial charge in [-0.2, -0.15) is 0 Å². The minimum atomic E-state index is -0.405. The van der Waals surface area contributed by atoms with Gasteiger partial charge in [0, 0.05) is 19.5 Å². The first-order valence-corrected chi connectivity index (χ1v) is 7.46. The van der Waals surface area contributed by atoms with Crippen LogP contribution in [0, 0.1) is 16.0 Å². The lowest BCUT2D eigenvalue weighted by atomic mass is 9.94. The van der Waals surface area contributed by atoms with Crippen LogP contribution in [0.25, 0.3) is 0 Å². The van der Waals surface area contributed by atoms with E-state index in [1.165, 1.54) is 0 Å². The molecule has 0 spiro atoms. The number of nitro benzene ring substituents is 1. The van der Waals surface area contributed by atoms with Gasteiger partial charge in [0.2, 0.25) is 5.91 Å². The number of amides is 1. The fourth-order valence-corrected chi connectivity index (χ4v) is 2.96. The van der Waals surface area contributed by atoms with Gasteiger partial charge < -0.3 is 15.4 Å². The molecule has 1 saturated heterocycles. The highest BCUT2D eigenvalue weighted by Crippen LogP contribution is 2.39. The first-order chi connectivity index (χ1) is 10.5. The zero-order valence-corrected chi connectivity index (χ0v) is 12.7. The Morgan fingerprint density at radius 2 is 2.32 bits per heavy atom. The number of rotatable bonds is 6. The monoisotopic (exact) mass is 307 g/mol. The van der Waals surface area contributed by atoms with Crippen molar-refractivity contribution in [2.75, 3.05) is 24.6 Å². The highest BCUT2D eigenvalue weighted by molar-refractivity contribution is 5.74. The molecule has 0 saturated carbocycles. The second kappa shape index (κ2) is 7.11. The molecule has 1 aliphatic rings. The number of anilines is 1. The van der Waals surface area contributed by atoms with Crippen molar-refractivity contribution < 1.29 is 14.5 Å². The molecule has 0 radical (unpaired) electrons. The number of piperidine rings is 1. The van der Waals surface area contributed by atoms with E-state index in [9.17, 15) is 14.9 Å². The second-order valence-electron chi connectivity index (χ2n) is 5.44. The number of para-hydroxylation sites is 1. The van der Waals surface area contributed by atoms with Crippen LogP contribution in [0.1, 0.15) is 26.2 Å². The van der Waals surface area contributed by atoms with Gasteiger partial charge in [0.05, 0.1) is 11.5 Å². The maximum Gasteiger partial charge on any atom is 0.333 e. The number of nitrogens with zero attached hydrogens (tertiary/aromatic N) is 2. The molecule has 0 aliphatic carbocycles. The van der Waals surface area contributed by atoms with Crippen LogP contribution in [-0.4, -0.2) is 30.5 Å². The molecule has 7 nitrogen and oxygen atoms in total. The number of hydrogen-bond acceptors (Lipinski definition) is 5. The van der Waals surface area contributed by atoms with E-state index in [-0.39, 0.29) is 23.3 Å². The van der Waals surface area contributed by atoms with Crippen molar-refractivity contribution in [3.63, 3.8) is 0 Å². The Morgan fingerprint density at radius 3 is 2.95 bits per heavy atom. The first-order valence-electron chi connectivity index (χ1n) is 7.46. The quantitative estimate of drug-likeness (QED) is 0.641. The molecule has 1 atom stereocenters. The third-order valence-corrected chi connectivity index (χ3v) is 3.81. The molecule has 2 N–H and O–H groups in total. The number of benzene rings is 1. The first kappa shape index (κ1) is 16.1. The van der Waals surface area contributed by atoms with Gasteiger partial charge in [-0.3, -0.25) is 14.9 Å². The highest BCUT2D eigenvalue weighted by Gasteiger charge is 2.29. The minimum absolute atomic E-state index is 0.0101. The van der Waals surface area contributed by atoms with Gasteiger partial charge in [0.25, 0.3) is 0 Å². The molecular weight excluding hydrogens is 286 g/mol. The average molecular weight is 307 g/mol. The van der Waals surface area contributed by atoms with E-state index in [0.717, 1.165) is 19.4 Å². The van der Waals surface area contributed by atoms with Crippen LogP contribution >= 0.6 is 0 Å². The molecule has 1 amide bonds. The molecule has 120 valence electrons. The normalized spacial score (nSPS) is 18.0. The second-order valence-corrected chi connectivity index (χ2v) is 5.44. The Labute approximate surface area is 129 Å². The lowest BCUT2D eigenvalue weighted by molar-refractivity contribution is -0.385. The zero-order valence-electron chi connectivity index (χ0n) is 12.7. The maximum atomic E-state index is 11.4. The lowest BCUT2D eigenvalue weighted by Crippen LogP contribution is -2.37. The molecule has 1 heterocycles. The minimum Gasteiger partial charge on any atom is -0.487 e. The van der Waals surface area contributed by atoms with Gasteiger partial charge >= 0.3 is 5.69 Å². The van der Waals surface area contributed by atoms with E-state index in [0.29, 0.717) is 25.3 Å². The Balaban J connectivity index is 2.29. The Hall–Kier alpha value is -2.31. The van der Waals surface area contributed by atoms with Crippen molar-refractivity contribution in [2.45, 2.75) is 26.2 Å². The number of primary amides is 1. The summed E-state index contributed by atoms with van der Waals surface area (Å²) in [6.07, 6.45) is 2.11. The van der Waals surface area contributed by atoms with Crippen LogP contribution in [0.4, 0.5) is 11.4 Å². The number of carbonyl (C=O) groups excluding carboxylic acids is 1. The summed E-state index contributed by atoms with van der Waals surface area (Å²) in [5.74, 6) is 0.0908. The fraction of sp³-hybridized carbons (Fsp3) is 0.533. The van der Waals surface area contributed by atoms with Gasteiger partial charge in [-0.1, -0.05) is 6.07 Å². The van der Waals surface area contributed by atoms with Crippen LogP contribution in [-0.2, 0) is 4.79 Å². The summed E-state index contributed by atoms with van der Waals surface area (Å²) in [5.41, 5.74) is 5.80. The fourth-order valence-electron chi connectivity index (χ4n) is 2.96. The molecule has 0 aromatic heterocycles. The molecular formula is C15H21N3O4. The number of nitrogens with two attached hydrogens (primary N) is 1. The summed E-state index contributed by atoms with van der Waals surface area (Å²) in [6.45, 7) is 3.49. The zero-order chi connectivity index (χ0) is 16.1. The molecule has 22 heavy (non-hydrogen) atoms. The maximum absolute atomic E-state index is 11.4. The summed E-state index contributed by atoms with van der Waals surface area (Å²) in [7, 11) is 0. The smallest absolute Gasteiger partial charge is 0.333 e. The van der Waals surface area contributed by atoms with Crippen molar-refractivity contribution in [1.29, 1.82) is 0 Å². The van der Waals surface area contributed by atoms with Crippen LogP contribution in [0.3, 0.4) is 0 Å². The number of carbonyl (C=O) groups is 1. The standard InChI is InChI=1S/C15H21N3O4/c1-2-22-13-7-3-6-12(15(13)18(20)21)17-8-4-5-11(10-17)9-14(16)19/h3,6-7,11H,2,4-5,8-10H2,1H3,(H2,16,19)/t11-/m1/s1. The van der Waals surface area contributed by atoms with Crippen molar-refractivity contribution in [1.82, 2.24) is 0 Å². The molecule has 0 bridgehead atoms. The Morgan fingerprint density at radius 1 is 1.55 bits per heavy atom. The molecule has 0 unspecified atom stereocenters. The summed E-state index contributed by atoms with van der Waals surface area (Å²) < 4.78 is 5.38. The Bertz CT molecular complexity index is 562. The largest absolute Gasteiger partial charge is 0.487 e. The molecule has 1 aliphatic heterocycles. The van der Waals surface area contributed by atoms with E-state index in [1.807, 2.05) is 4.90 Å². The van der Waals surface area contributed by atoms with E-state index < -0.39 is 4.92 Å². The van der Waals surface area contributed by atoms with Crippen molar-refractivity contribution in [3.8, 4) is 5.75 Å². The highest BCUT2D eigenvalue weighted by atomic mass is 16.6. The van der Waals surface area contributed by atoms with Crippen LogP contribution in [0.5, 0.6) is 5.75 Å². The molecule has 7 heteroatoms. The third-order valence-electron chi connectivity index (χ3n) is 3.81. The van der Waals surface area contributed by atoms with Gasteiger partial charge in [-0.25, -0.2) is 0 Å². The average Bonchev–Trinajstić information content (AvgIpc) is 2.46. The third kappa shape index (κ3) is 3.66. The SMILES string of the molecule is CCOc1cccc(N2CCC[C@H](CC(N)=O)C2)c1[N+](=O)[O-]. The van der Waals surface area contributed by atoms with E-state index >= 15 is 0 Å². The van der Waals surface area contributed by atoms with Gasteiger partial charge in [-0.05, 0) is 37.8 Å². The molecule has 1 aromatic rings. The van der Waals surface area contributed by atoms with Gasteiger partial charge in [0.15, 0.2) is 5.75 Å². The van der Waals surface area contributed by atoms with E-state index in [4.69, 9.17) is 10.5 Å². The van der Waals surface area contributed by atoms with E-state index in [1.54, 1.807) is 25.1 Å². The number of hydrogen-bond donors (Lipinski definition) is 1. The summed E-state index contributed by atoms with van der Waals surface area (Å²) in [5, 5.41) is 11.4. The Kier molecular flexibility index (Phi) is 5.19. The number of nitro groups is 1. The van der Waals surface area contributed by atoms with Gasteiger partial charge in [0.1, 0.15) is 5.69 Å². The van der Waals surface area contributed by atoms with Crippen molar-refractivity contribution >= 4 is 17.3 Å². The van der Waals surface area contributed by atoms with Crippen LogP contribution < -0.4 is 15.4 Å². The number of ether oxygens (including phenoxy) is 1. The molecule has 2 rings (SSSR count). The van der Waals surface area contributed by atoms with Crippen molar-refractivity contribution in [2.24, 2.45) is 11.7 Å².